The maximum Gasteiger partial charge on any atom is 0.164 e. The van der Waals surface area contributed by atoms with Crippen molar-refractivity contribution in [1.82, 2.24) is 44.9 Å². The largest absolute Gasteiger partial charge is 0.208 e. The monoisotopic (exact) mass is 1930 g/mol. The van der Waals surface area contributed by atoms with E-state index >= 15 is 0 Å². The summed E-state index contributed by atoms with van der Waals surface area (Å²) in [7, 11) is -5.65. The molecule has 0 unspecified atom stereocenters. The predicted octanol–water partition coefficient (Wildman–Crippen LogP) is 30.5. The van der Waals surface area contributed by atoms with Gasteiger partial charge in [-0.15, -0.1) is 0 Å². The van der Waals surface area contributed by atoms with E-state index in [1.165, 1.54) is 130 Å². The summed E-state index contributed by atoms with van der Waals surface area (Å²) in [6.07, 6.45) is 0. The molecular weight excluding hydrogens is 1830 g/mol. The summed E-state index contributed by atoms with van der Waals surface area (Å²) >= 11 is 0. The first kappa shape index (κ1) is 90.4. The van der Waals surface area contributed by atoms with E-state index < -0.39 is 24.2 Å². The standard InChI is InChI=1S/3C45H33N3Si/c1-49(2)41-21-9-8-17-38(41)39-19-11-20-40(42(39)49)45-47-43(34-26-22-31(23-27-34)30-12-4-3-5-13-30)46-44(48-45)35-28-24-33(25-29-35)37-18-10-15-32-14-6-7-16-36(32)37;1-49(2)40-17-9-8-15-38(40)42-39(16-10-18-41(42)49)45-47-43(34-24-19-32(20-25-34)30-11-4-3-5-12-30)46-44(48-45)35-26-21-33(22-27-35)37-28-23-31-13-6-7-14-36(31)29-37;1-49(2)41-15-9-8-14-39(41)40-29-38(26-27-42(40)49)45-47-43(34-21-16-32(17-22-34)30-10-4-3-5-11-30)46-44(48-45)35-23-18-33(19-24-35)37-25-20-31-12-6-7-13-36(31)28-37/h3*3-29H,1-2H3. The van der Waals surface area contributed by atoms with Crippen molar-refractivity contribution in [3.05, 3.63) is 491 Å². The van der Waals surface area contributed by atoms with Crippen LogP contribution in [0.4, 0.5) is 0 Å². The molecule has 0 aliphatic carbocycles. The van der Waals surface area contributed by atoms with Gasteiger partial charge in [-0.25, -0.2) is 44.9 Å². The lowest BCUT2D eigenvalue weighted by atomic mass is 9.97. The molecule has 27 rings (SSSR count). The summed E-state index contributed by atoms with van der Waals surface area (Å²) in [5.74, 6) is 6.09. The average Bonchev–Trinajstić information content (AvgIpc) is 1.57. The molecule has 3 aliphatic heterocycles. The second-order valence-corrected chi connectivity index (χ2v) is 52.8. The normalized spacial score (nSPS) is 12.9. The highest BCUT2D eigenvalue weighted by atomic mass is 28.3. The maximum atomic E-state index is 5.22. The van der Waals surface area contributed by atoms with Crippen LogP contribution < -0.4 is 31.1 Å². The van der Waals surface area contributed by atoms with Crippen molar-refractivity contribution in [2.24, 2.45) is 0 Å². The van der Waals surface area contributed by atoms with E-state index in [4.69, 9.17) is 44.9 Å². The molecule has 0 amide bonds. The fourth-order valence-corrected chi connectivity index (χ4v) is 31.7. The van der Waals surface area contributed by atoms with Gasteiger partial charge in [0.2, 0.25) is 0 Å². The molecule has 0 fully saturated rings. The molecule has 0 N–H and O–H groups in total. The van der Waals surface area contributed by atoms with Crippen LogP contribution in [0.2, 0.25) is 39.3 Å². The van der Waals surface area contributed by atoms with Crippen molar-refractivity contribution in [1.29, 1.82) is 0 Å². The van der Waals surface area contributed by atoms with E-state index in [-0.39, 0.29) is 0 Å². The van der Waals surface area contributed by atoms with Gasteiger partial charge in [0.25, 0.3) is 0 Å². The molecule has 9 nitrogen and oxygen atoms in total. The Bertz CT molecular complexity index is 9200. The van der Waals surface area contributed by atoms with Gasteiger partial charge in [-0.05, 0) is 182 Å². The van der Waals surface area contributed by atoms with Gasteiger partial charge in [0.05, 0.1) is 0 Å². The minimum atomic E-state index is -2.02. The molecule has 0 radical (unpaired) electrons. The lowest BCUT2D eigenvalue weighted by Gasteiger charge is -2.21. The van der Waals surface area contributed by atoms with Crippen molar-refractivity contribution < 1.29 is 0 Å². The zero-order valence-corrected chi connectivity index (χ0v) is 85.3. The molecule has 0 saturated heterocycles. The Morgan fingerprint density at radius 3 is 0.844 bits per heavy atom. The van der Waals surface area contributed by atoms with Crippen molar-refractivity contribution >= 4 is 87.7 Å². The molecule has 24 aromatic rings. The number of aromatic nitrogens is 9. The Kier molecular flexibility index (Phi) is 23.2. The summed E-state index contributed by atoms with van der Waals surface area (Å²) in [4.78, 5) is 46.3. The van der Waals surface area contributed by atoms with Crippen molar-refractivity contribution in [2.45, 2.75) is 39.3 Å². The third-order valence-corrected chi connectivity index (χ3v) is 40.5. The Labute approximate surface area is 859 Å². The van der Waals surface area contributed by atoms with Gasteiger partial charge < -0.3 is 0 Å². The molecule has 0 saturated carbocycles. The minimum absolute atomic E-state index is 0.660. The van der Waals surface area contributed by atoms with Crippen LogP contribution in [0.1, 0.15) is 0 Å². The molecule has 0 bridgehead atoms. The van der Waals surface area contributed by atoms with Gasteiger partial charge in [-0.3, -0.25) is 0 Å². The van der Waals surface area contributed by atoms with E-state index in [1.807, 2.05) is 18.2 Å². The van der Waals surface area contributed by atoms with Crippen LogP contribution in [0.5, 0.6) is 0 Å². The third kappa shape index (κ3) is 17.1. The number of rotatable bonds is 15. The molecule has 0 atom stereocenters. The highest BCUT2D eigenvalue weighted by molar-refractivity contribution is 7.05. The second-order valence-electron chi connectivity index (χ2n) is 39.9. The van der Waals surface area contributed by atoms with Gasteiger partial charge in [-0.1, -0.05) is 512 Å². The summed E-state index contributed by atoms with van der Waals surface area (Å²) < 4.78 is 0. The van der Waals surface area contributed by atoms with Crippen LogP contribution in [-0.4, -0.2) is 69.1 Å². The van der Waals surface area contributed by atoms with E-state index in [0.29, 0.717) is 46.6 Å². The molecular formula is C135H99N9Si3. The van der Waals surface area contributed by atoms with Gasteiger partial charge >= 0.3 is 0 Å². The summed E-state index contributed by atoms with van der Waals surface area (Å²) in [6.45, 7) is 14.7. The summed E-state index contributed by atoms with van der Waals surface area (Å²) in [5, 5.41) is 16.1. The average molecular weight is 1930 g/mol. The van der Waals surface area contributed by atoms with Gasteiger partial charge in [0, 0.05) is 50.1 Å². The van der Waals surface area contributed by atoms with Crippen molar-refractivity contribution in [3.63, 3.8) is 0 Å². The van der Waals surface area contributed by atoms with Crippen LogP contribution >= 0.6 is 0 Å². The second kappa shape index (κ2) is 37.7. The fraction of sp³-hybridized carbons (Fsp3) is 0.0444. The first-order valence-electron chi connectivity index (χ1n) is 50.3. The van der Waals surface area contributed by atoms with Crippen LogP contribution in [0, 0.1) is 0 Å². The van der Waals surface area contributed by atoms with E-state index in [2.05, 4.69) is 512 Å². The van der Waals surface area contributed by atoms with Crippen molar-refractivity contribution in [3.8, 4) is 203 Å². The van der Waals surface area contributed by atoms with Crippen LogP contribution in [0.15, 0.2) is 491 Å². The first-order valence-corrected chi connectivity index (χ1v) is 59.3. The minimum Gasteiger partial charge on any atom is -0.208 e. The Hall–Kier alpha value is -17.9. The first-order chi connectivity index (χ1) is 72.1. The van der Waals surface area contributed by atoms with E-state index in [1.54, 1.807) is 0 Å². The molecule has 147 heavy (non-hydrogen) atoms. The highest BCUT2D eigenvalue weighted by Crippen LogP contribution is 2.43. The molecule has 21 aromatic carbocycles. The summed E-state index contributed by atoms with van der Waals surface area (Å²) in [5.41, 5.74) is 30.9. The maximum absolute atomic E-state index is 5.22. The van der Waals surface area contributed by atoms with Gasteiger partial charge in [0.1, 0.15) is 24.2 Å². The van der Waals surface area contributed by atoms with E-state index in [9.17, 15) is 0 Å². The zero-order valence-electron chi connectivity index (χ0n) is 82.3. The molecule has 0 spiro atoms. The van der Waals surface area contributed by atoms with Crippen molar-refractivity contribution in [2.75, 3.05) is 0 Å². The molecule has 6 heterocycles. The Balaban J connectivity index is 0.000000115. The van der Waals surface area contributed by atoms with Gasteiger partial charge in [-0.2, -0.15) is 0 Å². The topological polar surface area (TPSA) is 116 Å². The van der Waals surface area contributed by atoms with Crippen LogP contribution in [-0.2, 0) is 0 Å². The Morgan fingerprint density at radius 2 is 0.388 bits per heavy atom. The number of nitrogens with zero attached hydrogens (tertiary/aromatic N) is 9. The molecule has 3 aliphatic rings. The lowest BCUT2D eigenvalue weighted by molar-refractivity contribution is 1.07. The molecule has 3 aromatic heterocycles. The van der Waals surface area contributed by atoms with E-state index in [0.717, 1.165) is 89.3 Å². The smallest absolute Gasteiger partial charge is 0.164 e. The number of benzene rings is 21. The number of hydrogen-bond acceptors (Lipinski definition) is 9. The summed E-state index contributed by atoms with van der Waals surface area (Å²) in [6, 6.07) is 175. The van der Waals surface area contributed by atoms with Crippen LogP contribution in [0.3, 0.4) is 0 Å². The quantitative estimate of drug-likeness (QED) is 0.0925. The SMILES string of the molecule is C[Si]1(C)c2ccccc2-c2c(-c3nc(-c4ccc(-c5ccccc5)cc4)nc(-c4ccc(-c5ccc6ccccc6c5)cc4)n3)cccc21.C[Si]1(C)c2ccccc2-c2cc(-c3nc(-c4ccc(-c5ccccc5)cc4)nc(-c4ccc(-c5ccc6ccccc6c5)cc4)n3)ccc21.C[Si]1(C)c2ccccc2-c2cccc(-c3nc(-c4ccc(-c5ccccc5)cc4)nc(-c4ccc(-c5cccc6ccccc56)cc4)n3)c21. The lowest BCUT2D eigenvalue weighted by Crippen LogP contribution is -2.50. The third-order valence-electron chi connectivity index (χ3n) is 29.9. The van der Waals surface area contributed by atoms with Crippen LogP contribution in [0.25, 0.3) is 235 Å². The Morgan fingerprint density at radius 1 is 0.129 bits per heavy atom. The van der Waals surface area contributed by atoms with Gasteiger partial charge in [0.15, 0.2) is 52.4 Å². The fourth-order valence-electron chi connectivity index (χ4n) is 22.1. The highest BCUT2D eigenvalue weighted by Gasteiger charge is 2.42. The number of fused-ring (bicyclic) bond motifs is 12. The predicted molar refractivity (Wildman–Crippen MR) is 620 cm³/mol. The molecule has 696 valence electrons. The number of hydrogen-bond donors (Lipinski definition) is 0. The zero-order chi connectivity index (χ0) is 98.9. The molecule has 12 heteroatoms.